The Bertz CT molecular complexity index is 562. The zero-order valence-corrected chi connectivity index (χ0v) is 12.6. The van der Waals surface area contributed by atoms with Gasteiger partial charge in [0.25, 0.3) is 0 Å². The summed E-state index contributed by atoms with van der Waals surface area (Å²) in [5.74, 6) is -2.07. The summed E-state index contributed by atoms with van der Waals surface area (Å²) in [6, 6.07) is 4.24. The average molecular weight is 308 g/mol. The van der Waals surface area contributed by atoms with Crippen LogP contribution in [0.1, 0.15) is 31.2 Å². The minimum atomic E-state index is -0.839. The monoisotopic (exact) mass is 308 g/mol. The first-order valence-electron chi connectivity index (χ1n) is 7.51. The second-order valence-corrected chi connectivity index (χ2v) is 5.74. The predicted molar refractivity (Wildman–Crippen MR) is 80.7 cm³/mol. The molecular weight excluding hydrogens is 287 g/mol. The highest BCUT2D eigenvalue weighted by molar-refractivity contribution is 6.39. The first-order valence-corrected chi connectivity index (χ1v) is 7.51. The molecule has 120 valence electrons. The van der Waals surface area contributed by atoms with Crippen LogP contribution in [0, 0.1) is 18.7 Å². The lowest BCUT2D eigenvalue weighted by molar-refractivity contribution is -0.136. The SMILES string of the molecule is Cc1ccc(NC(=O)C(=O)NC[C@@H]2CCCC[C@H]2O)cc1F. The number of nitrogens with one attached hydrogen (secondary N) is 2. The van der Waals surface area contributed by atoms with Crippen LogP contribution < -0.4 is 10.6 Å². The number of anilines is 1. The summed E-state index contributed by atoms with van der Waals surface area (Å²) in [7, 11) is 0. The highest BCUT2D eigenvalue weighted by Crippen LogP contribution is 2.23. The number of aliphatic hydroxyl groups is 1. The van der Waals surface area contributed by atoms with Crippen molar-refractivity contribution in [3.8, 4) is 0 Å². The molecule has 1 aliphatic carbocycles. The number of carbonyl (C=O) groups is 2. The molecule has 3 N–H and O–H groups in total. The van der Waals surface area contributed by atoms with Crippen LogP contribution in [0.15, 0.2) is 18.2 Å². The molecule has 2 atom stereocenters. The fourth-order valence-corrected chi connectivity index (χ4v) is 2.59. The van der Waals surface area contributed by atoms with Crippen LogP contribution in [0.4, 0.5) is 10.1 Å². The number of aryl methyl sites for hydroxylation is 1. The van der Waals surface area contributed by atoms with E-state index in [1.807, 2.05) is 0 Å². The van der Waals surface area contributed by atoms with Gasteiger partial charge in [0.05, 0.1) is 6.10 Å². The molecule has 0 radical (unpaired) electrons. The van der Waals surface area contributed by atoms with Crippen molar-refractivity contribution in [1.82, 2.24) is 5.32 Å². The topological polar surface area (TPSA) is 78.4 Å². The Hall–Kier alpha value is -1.95. The first kappa shape index (κ1) is 16.4. The number of hydrogen-bond donors (Lipinski definition) is 3. The summed E-state index contributed by atoms with van der Waals surface area (Å²) in [5.41, 5.74) is 0.703. The molecule has 22 heavy (non-hydrogen) atoms. The van der Waals surface area contributed by atoms with Gasteiger partial charge in [-0.15, -0.1) is 0 Å². The van der Waals surface area contributed by atoms with Crippen molar-refractivity contribution < 1.29 is 19.1 Å². The van der Waals surface area contributed by atoms with Crippen LogP contribution in [0.5, 0.6) is 0 Å². The summed E-state index contributed by atoms with van der Waals surface area (Å²) in [4.78, 5) is 23.5. The lowest BCUT2D eigenvalue weighted by Gasteiger charge is -2.27. The van der Waals surface area contributed by atoms with E-state index in [0.29, 0.717) is 5.56 Å². The van der Waals surface area contributed by atoms with E-state index in [1.165, 1.54) is 18.2 Å². The van der Waals surface area contributed by atoms with Gasteiger partial charge in [0.1, 0.15) is 5.82 Å². The second-order valence-electron chi connectivity index (χ2n) is 5.74. The van der Waals surface area contributed by atoms with E-state index in [9.17, 15) is 19.1 Å². The quantitative estimate of drug-likeness (QED) is 0.744. The maximum absolute atomic E-state index is 13.4. The van der Waals surface area contributed by atoms with Gasteiger partial charge in [-0.25, -0.2) is 4.39 Å². The molecule has 1 aromatic rings. The van der Waals surface area contributed by atoms with Crippen LogP contribution in [0.25, 0.3) is 0 Å². The fraction of sp³-hybridized carbons (Fsp3) is 0.500. The summed E-state index contributed by atoms with van der Waals surface area (Å²) in [5, 5.41) is 14.7. The van der Waals surface area contributed by atoms with Gasteiger partial charge in [-0.2, -0.15) is 0 Å². The molecule has 0 saturated heterocycles. The van der Waals surface area contributed by atoms with Gasteiger partial charge in [-0.05, 0) is 37.5 Å². The zero-order valence-electron chi connectivity index (χ0n) is 12.6. The van der Waals surface area contributed by atoms with Gasteiger partial charge in [-0.1, -0.05) is 18.9 Å². The Balaban J connectivity index is 1.84. The van der Waals surface area contributed by atoms with Crippen molar-refractivity contribution in [3.05, 3.63) is 29.6 Å². The van der Waals surface area contributed by atoms with E-state index in [0.717, 1.165) is 25.7 Å². The van der Waals surface area contributed by atoms with Crippen molar-refractivity contribution in [2.45, 2.75) is 38.7 Å². The van der Waals surface area contributed by atoms with Crippen LogP contribution >= 0.6 is 0 Å². The smallest absolute Gasteiger partial charge is 0.313 e. The zero-order chi connectivity index (χ0) is 16.1. The maximum Gasteiger partial charge on any atom is 0.313 e. The lowest BCUT2D eigenvalue weighted by atomic mass is 9.86. The number of aliphatic hydroxyl groups excluding tert-OH is 1. The predicted octanol–water partition coefficient (Wildman–Crippen LogP) is 1.74. The largest absolute Gasteiger partial charge is 0.393 e. The summed E-state index contributed by atoms with van der Waals surface area (Å²) in [6.07, 6.45) is 3.15. The molecule has 2 amide bonds. The van der Waals surface area contributed by atoms with E-state index in [4.69, 9.17) is 0 Å². The Kier molecular flexibility index (Phi) is 5.49. The van der Waals surface area contributed by atoms with Gasteiger partial charge in [0, 0.05) is 18.2 Å². The molecule has 1 aromatic carbocycles. The Morgan fingerprint density at radius 3 is 2.68 bits per heavy atom. The average Bonchev–Trinajstić information content (AvgIpc) is 2.50. The Morgan fingerprint density at radius 1 is 1.27 bits per heavy atom. The van der Waals surface area contributed by atoms with Gasteiger partial charge in [0.15, 0.2) is 0 Å². The van der Waals surface area contributed by atoms with Gasteiger partial charge >= 0.3 is 11.8 Å². The molecule has 0 aromatic heterocycles. The first-order chi connectivity index (χ1) is 10.5. The molecule has 1 aliphatic rings. The molecule has 0 spiro atoms. The number of hydrogen-bond acceptors (Lipinski definition) is 3. The van der Waals surface area contributed by atoms with Crippen molar-refractivity contribution in [1.29, 1.82) is 0 Å². The Labute approximate surface area is 128 Å². The van der Waals surface area contributed by atoms with Gasteiger partial charge in [0.2, 0.25) is 0 Å². The van der Waals surface area contributed by atoms with Crippen LogP contribution in [-0.4, -0.2) is 29.6 Å². The molecule has 0 aliphatic heterocycles. The summed E-state index contributed by atoms with van der Waals surface area (Å²) < 4.78 is 13.4. The third-order valence-corrected chi connectivity index (χ3v) is 4.03. The molecule has 1 fully saturated rings. The van der Waals surface area contributed by atoms with Crippen molar-refractivity contribution in [3.63, 3.8) is 0 Å². The number of halogens is 1. The van der Waals surface area contributed by atoms with E-state index >= 15 is 0 Å². The number of benzene rings is 1. The fourth-order valence-electron chi connectivity index (χ4n) is 2.59. The third-order valence-electron chi connectivity index (χ3n) is 4.03. The standard InChI is InChI=1S/C16H21FN2O3/c1-10-6-7-12(8-13(10)17)19-16(22)15(21)18-9-11-4-2-3-5-14(11)20/h6-8,11,14,20H,2-5,9H2,1H3,(H,18,21)(H,19,22)/t11-,14+/m0/s1. The minimum absolute atomic E-state index is 0.0117. The molecule has 0 unspecified atom stereocenters. The summed E-state index contributed by atoms with van der Waals surface area (Å²) >= 11 is 0. The highest BCUT2D eigenvalue weighted by Gasteiger charge is 2.24. The van der Waals surface area contributed by atoms with Crippen LogP contribution in [0.3, 0.4) is 0 Å². The van der Waals surface area contributed by atoms with Crippen LogP contribution in [0.2, 0.25) is 0 Å². The molecule has 1 saturated carbocycles. The molecule has 0 bridgehead atoms. The third kappa shape index (κ3) is 4.27. The Morgan fingerprint density at radius 2 is 2.00 bits per heavy atom. The minimum Gasteiger partial charge on any atom is -0.393 e. The molecular formula is C16H21FN2O3. The van der Waals surface area contributed by atoms with E-state index < -0.39 is 23.7 Å². The highest BCUT2D eigenvalue weighted by atomic mass is 19.1. The second kappa shape index (κ2) is 7.35. The normalized spacial score (nSPS) is 21.2. The number of rotatable bonds is 3. The van der Waals surface area contributed by atoms with Gasteiger partial charge in [-0.3, -0.25) is 9.59 Å². The molecule has 5 nitrogen and oxygen atoms in total. The van der Waals surface area contributed by atoms with Crippen LogP contribution in [-0.2, 0) is 9.59 Å². The molecule has 2 rings (SSSR count). The van der Waals surface area contributed by atoms with Gasteiger partial charge < -0.3 is 15.7 Å². The van der Waals surface area contributed by atoms with Crippen molar-refractivity contribution >= 4 is 17.5 Å². The summed E-state index contributed by atoms with van der Waals surface area (Å²) in [6.45, 7) is 1.89. The molecule has 0 heterocycles. The molecule has 6 heteroatoms. The van der Waals surface area contributed by atoms with Crippen molar-refractivity contribution in [2.75, 3.05) is 11.9 Å². The van der Waals surface area contributed by atoms with Crippen molar-refractivity contribution in [2.24, 2.45) is 5.92 Å². The van der Waals surface area contributed by atoms with E-state index in [1.54, 1.807) is 6.92 Å². The maximum atomic E-state index is 13.4. The van der Waals surface area contributed by atoms with E-state index in [2.05, 4.69) is 10.6 Å². The number of carbonyl (C=O) groups excluding carboxylic acids is 2. The lowest BCUT2D eigenvalue weighted by Crippen LogP contribution is -2.41. The van der Waals surface area contributed by atoms with E-state index in [-0.39, 0.29) is 18.2 Å². The number of amides is 2.